The largest absolute Gasteiger partial charge is 0.756 e. The van der Waals surface area contributed by atoms with E-state index in [-0.39, 0.29) is 32.0 Å². The molecule has 0 heterocycles. The number of likely N-dealkylation sites (N-methyl/N-ethyl adjacent to an activating group) is 1. The number of nitrogens with zero attached hydrogens (tertiary/aromatic N) is 1. The summed E-state index contributed by atoms with van der Waals surface area (Å²) in [5.74, 6) is -0.828. The van der Waals surface area contributed by atoms with Crippen molar-refractivity contribution in [2.24, 2.45) is 0 Å². The third-order valence-electron chi connectivity index (χ3n) is 18.5. The van der Waals surface area contributed by atoms with Crippen molar-refractivity contribution in [2.75, 3.05) is 47.5 Å². The van der Waals surface area contributed by atoms with Crippen LogP contribution in [-0.2, 0) is 32.7 Å². The van der Waals surface area contributed by atoms with Crippen LogP contribution in [0.2, 0.25) is 0 Å². The van der Waals surface area contributed by atoms with Crippen molar-refractivity contribution in [3.05, 3.63) is 158 Å². The highest BCUT2D eigenvalue weighted by atomic mass is 31.2. The maximum absolute atomic E-state index is 12.9. The monoisotopic (exact) mass is 1460 g/mol. The predicted octanol–water partition coefficient (Wildman–Crippen LogP) is 28.8. The Labute approximate surface area is 643 Å². The zero-order chi connectivity index (χ0) is 75.4. The van der Waals surface area contributed by atoms with Crippen LogP contribution in [0.1, 0.15) is 373 Å². The first-order chi connectivity index (χ1) is 51.0. The summed E-state index contributed by atoms with van der Waals surface area (Å²) in [7, 11) is 1.16. The molecule has 2 unspecified atom stereocenters. The average Bonchev–Trinajstić information content (AvgIpc) is 0.915. The van der Waals surface area contributed by atoms with Gasteiger partial charge in [-0.05, 0) is 122 Å². The summed E-state index contributed by atoms with van der Waals surface area (Å²) in [4.78, 5) is 38.3. The molecule has 2 atom stereocenters. The van der Waals surface area contributed by atoms with Gasteiger partial charge in [0.1, 0.15) is 19.8 Å². The van der Waals surface area contributed by atoms with Crippen LogP contribution in [0, 0.1) is 0 Å². The fourth-order valence-electron chi connectivity index (χ4n) is 12.1. The van der Waals surface area contributed by atoms with Gasteiger partial charge < -0.3 is 27.9 Å². The van der Waals surface area contributed by atoms with Gasteiger partial charge in [-0.1, -0.05) is 397 Å². The van der Waals surface area contributed by atoms with Gasteiger partial charge in [-0.2, -0.15) is 0 Å². The third-order valence-corrected chi connectivity index (χ3v) is 19.5. The molecule has 0 N–H and O–H groups in total. The normalized spacial score (nSPS) is 13.8. The minimum absolute atomic E-state index is 0.0354. The van der Waals surface area contributed by atoms with Gasteiger partial charge in [0, 0.05) is 12.8 Å². The highest BCUT2D eigenvalue weighted by molar-refractivity contribution is 7.45. The second kappa shape index (κ2) is 82.7. The molecule has 0 aliphatic rings. The van der Waals surface area contributed by atoms with Gasteiger partial charge in [0.05, 0.1) is 27.7 Å². The molecule has 0 aliphatic carbocycles. The van der Waals surface area contributed by atoms with E-state index in [9.17, 15) is 19.0 Å². The third kappa shape index (κ3) is 86.5. The Balaban J connectivity index is 3.94. The zero-order valence-corrected chi connectivity index (χ0v) is 69.1. The first-order valence-electron chi connectivity index (χ1n) is 43.2. The molecule has 0 aliphatic heterocycles. The van der Waals surface area contributed by atoms with Crippen LogP contribution in [0.4, 0.5) is 0 Å². The van der Waals surface area contributed by atoms with Gasteiger partial charge in [-0.25, -0.2) is 0 Å². The van der Waals surface area contributed by atoms with Gasteiger partial charge in [0.2, 0.25) is 0 Å². The molecular formula is C94H162NO8P. The molecule has 9 nitrogen and oxygen atoms in total. The molecule has 0 aromatic rings. The Kier molecular flexibility index (Phi) is 79.2. The van der Waals surface area contributed by atoms with Crippen molar-refractivity contribution >= 4 is 19.8 Å². The van der Waals surface area contributed by atoms with Crippen molar-refractivity contribution in [1.29, 1.82) is 0 Å². The van der Waals surface area contributed by atoms with E-state index in [2.05, 4.69) is 172 Å². The number of quaternary nitrogens is 1. The van der Waals surface area contributed by atoms with Crippen molar-refractivity contribution in [3.63, 3.8) is 0 Å². The molecule has 0 rings (SSSR count). The van der Waals surface area contributed by atoms with E-state index in [0.29, 0.717) is 17.4 Å². The van der Waals surface area contributed by atoms with E-state index in [4.69, 9.17) is 18.5 Å². The number of phosphoric acid groups is 1. The summed E-state index contributed by atoms with van der Waals surface area (Å²) in [6.45, 7) is 4.04. The second-order valence-corrected chi connectivity index (χ2v) is 31.2. The lowest BCUT2D eigenvalue weighted by atomic mass is 10.0. The van der Waals surface area contributed by atoms with Gasteiger partial charge in [0.25, 0.3) is 7.82 Å². The molecule has 596 valence electrons. The summed E-state index contributed by atoms with van der Waals surface area (Å²) in [5, 5.41) is 0. The molecule has 0 saturated carbocycles. The van der Waals surface area contributed by atoms with Crippen LogP contribution < -0.4 is 4.89 Å². The molecule has 10 heteroatoms. The standard InChI is InChI=1S/C94H162NO8P/c1-6-8-10-12-14-16-18-20-22-24-26-28-30-32-34-36-38-40-42-44-46-47-49-50-52-54-56-58-60-62-64-66-68-70-72-74-76-78-80-82-84-86-93(96)100-90-92(91-102-104(98,99)101-89-88-95(3,4)5)103-94(97)87-85-83-81-79-77-75-73-71-69-67-65-63-61-59-57-55-53-51-48-45-43-41-39-37-35-33-31-29-27-25-23-21-19-17-15-13-11-9-7-2/h8-11,14-17,20-23,26-29,33,35,39,41,45,48,53,55,59,61,92H,6-7,12-13,18-19,24-25,30-32,34,36-38,40,42-44,46-47,49-52,54,56-58,60,62-91H2,1-5H3/b10-8-,11-9-,16-14-,17-15-,22-20-,23-21-,28-26-,29-27-,35-33-,41-39-,48-45-,55-53-,61-59-. The quantitative estimate of drug-likeness (QED) is 0.0195. The Hall–Kier alpha value is -4.37. The number of hydrogen-bond donors (Lipinski definition) is 0. The van der Waals surface area contributed by atoms with Crippen LogP contribution >= 0.6 is 7.82 Å². The smallest absolute Gasteiger partial charge is 0.306 e. The molecule has 0 bridgehead atoms. The minimum atomic E-state index is -4.66. The maximum Gasteiger partial charge on any atom is 0.306 e. The van der Waals surface area contributed by atoms with Gasteiger partial charge in [-0.15, -0.1) is 0 Å². The molecule has 0 aromatic heterocycles. The van der Waals surface area contributed by atoms with Gasteiger partial charge in [0.15, 0.2) is 6.10 Å². The first-order valence-corrected chi connectivity index (χ1v) is 44.7. The topological polar surface area (TPSA) is 111 Å². The predicted molar refractivity (Wildman–Crippen MR) is 452 cm³/mol. The number of phosphoric ester groups is 1. The SMILES string of the molecule is CC/C=C\C/C=C\C/C=C\C/C=C\C/C=C\C/C=C\C/C=C\C/C=C\C/C=C\CCCCCCCCCCCCCC(=O)OC(COC(=O)CCCCCCCCCCCCCCCCCCCCCCCCCCCCCC/C=C\C/C=C\C/C=C\C/C=C\CC)COP(=O)([O-])OCC[N+](C)(C)C. The Morgan fingerprint density at radius 3 is 0.769 bits per heavy atom. The minimum Gasteiger partial charge on any atom is -0.756 e. The molecule has 0 aromatic carbocycles. The number of allylic oxidation sites excluding steroid dienone is 26. The number of esters is 2. The molecule has 0 fully saturated rings. The van der Waals surface area contributed by atoms with Crippen molar-refractivity contribution in [3.8, 4) is 0 Å². The maximum atomic E-state index is 12.9. The lowest BCUT2D eigenvalue weighted by Gasteiger charge is -2.28. The number of hydrogen-bond acceptors (Lipinski definition) is 8. The number of ether oxygens (including phenoxy) is 2. The average molecular weight is 1470 g/mol. The van der Waals surface area contributed by atoms with Gasteiger partial charge >= 0.3 is 11.9 Å². The van der Waals surface area contributed by atoms with Crippen LogP contribution in [0.25, 0.3) is 0 Å². The summed E-state index contributed by atoms with van der Waals surface area (Å²) < 4.78 is 34.5. The van der Waals surface area contributed by atoms with Crippen molar-refractivity contribution in [2.45, 2.75) is 380 Å². The van der Waals surface area contributed by atoms with E-state index in [0.717, 1.165) is 128 Å². The highest BCUT2D eigenvalue weighted by Crippen LogP contribution is 2.38. The fourth-order valence-corrected chi connectivity index (χ4v) is 12.8. The van der Waals surface area contributed by atoms with Crippen LogP contribution in [0.5, 0.6) is 0 Å². The number of carbonyl (C=O) groups is 2. The van der Waals surface area contributed by atoms with Crippen LogP contribution in [-0.4, -0.2) is 70.0 Å². The Morgan fingerprint density at radius 1 is 0.298 bits per heavy atom. The van der Waals surface area contributed by atoms with E-state index >= 15 is 0 Å². The van der Waals surface area contributed by atoms with E-state index < -0.39 is 26.5 Å². The van der Waals surface area contributed by atoms with Crippen molar-refractivity contribution < 1.29 is 42.1 Å². The highest BCUT2D eigenvalue weighted by Gasteiger charge is 2.22. The lowest BCUT2D eigenvalue weighted by molar-refractivity contribution is -0.870. The van der Waals surface area contributed by atoms with Gasteiger partial charge in [-0.3, -0.25) is 14.2 Å². The summed E-state index contributed by atoms with van der Waals surface area (Å²) in [6.07, 6.45) is 124. The molecule has 0 spiro atoms. The summed E-state index contributed by atoms with van der Waals surface area (Å²) >= 11 is 0. The van der Waals surface area contributed by atoms with E-state index in [1.54, 1.807) is 0 Å². The Bertz CT molecular complexity index is 2320. The molecular weight excluding hydrogens is 1300 g/mol. The molecule has 0 radical (unpaired) electrons. The molecule has 0 amide bonds. The fraction of sp³-hybridized carbons (Fsp3) is 0.702. The van der Waals surface area contributed by atoms with Crippen LogP contribution in [0.15, 0.2) is 158 Å². The van der Waals surface area contributed by atoms with E-state index in [1.165, 1.54) is 212 Å². The zero-order valence-electron chi connectivity index (χ0n) is 68.2. The first kappa shape index (κ1) is 99.6. The lowest BCUT2D eigenvalue weighted by Crippen LogP contribution is -2.37. The molecule has 0 saturated heterocycles. The number of carbonyl (C=O) groups excluding carboxylic acids is 2. The Morgan fingerprint density at radius 2 is 0.519 bits per heavy atom. The van der Waals surface area contributed by atoms with Crippen molar-refractivity contribution in [1.82, 2.24) is 0 Å². The summed E-state index contributed by atoms with van der Waals surface area (Å²) in [6, 6.07) is 0. The number of rotatable bonds is 79. The van der Waals surface area contributed by atoms with E-state index in [1.807, 2.05) is 21.1 Å². The molecule has 104 heavy (non-hydrogen) atoms. The summed E-state index contributed by atoms with van der Waals surface area (Å²) in [5.41, 5.74) is 0. The second-order valence-electron chi connectivity index (χ2n) is 29.8. The van der Waals surface area contributed by atoms with Crippen LogP contribution in [0.3, 0.4) is 0 Å². The number of unbranched alkanes of at least 4 members (excludes halogenated alkanes) is 39.